The number of nitrogens with one attached hydrogen (secondary N) is 1. The molecule has 1 aromatic heterocycles. The fourth-order valence-corrected chi connectivity index (χ4v) is 1.59. The van der Waals surface area contributed by atoms with Crippen LogP contribution in [0.15, 0.2) is 18.2 Å². The molecule has 0 amide bonds. The largest absolute Gasteiger partial charge is 0.310 e. The Morgan fingerprint density at radius 1 is 1.35 bits per heavy atom. The van der Waals surface area contributed by atoms with Crippen molar-refractivity contribution in [3.63, 3.8) is 0 Å². The lowest BCUT2D eigenvalue weighted by atomic mass is 10.2. The van der Waals surface area contributed by atoms with Crippen LogP contribution >= 0.6 is 0 Å². The zero-order chi connectivity index (χ0) is 12.3. The van der Waals surface area contributed by atoms with E-state index < -0.39 is 0 Å². The fraction of sp³-hybridized carbons (Fsp3) is 0.364. The standard InChI is InChI=1S/C11H14FN5/c1-3-13-7-11-14-15-16-17(11)10-5-8(2)4-9(12)6-10/h4-6,13H,3,7H2,1-2H3. The van der Waals surface area contributed by atoms with Crippen LogP contribution in [0.5, 0.6) is 0 Å². The van der Waals surface area contributed by atoms with Crippen molar-refractivity contribution in [2.24, 2.45) is 0 Å². The van der Waals surface area contributed by atoms with Crippen molar-refractivity contribution in [2.75, 3.05) is 6.54 Å². The lowest BCUT2D eigenvalue weighted by Gasteiger charge is -2.06. The second-order valence-corrected chi connectivity index (χ2v) is 3.77. The molecule has 6 heteroatoms. The number of hydrogen-bond donors (Lipinski definition) is 1. The molecular formula is C11H14FN5. The highest BCUT2D eigenvalue weighted by atomic mass is 19.1. The van der Waals surface area contributed by atoms with Crippen molar-refractivity contribution in [2.45, 2.75) is 20.4 Å². The smallest absolute Gasteiger partial charge is 0.170 e. The summed E-state index contributed by atoms with van der Waals surface area (Å²) in [7, 11) is 0. The summed E-state index contributed by atoms with van der Waals surface area (Å²) >= 11 is 0. The van der Waals surface area contributed by atoms with Crippen LogP contribution in [-0.2, 0) is 6.54 Å². The first-order valence-electron chi connectivity index (χ1n) is 5.46. The average Bonchev–Trinajstić information content (AvgIpc) is 2.73. The number of aromatic nitrogens is 4. The molecule has 2 rings (SSSR count). The van der Waals surface area contributed by atoms with E-state index in [0.29, 0.717) is 18.1 Å². The molecule has 17 heavy (non-hydrogen) atoms. The Kier molecular flexibility index (Phi) is 3.43. The van der Waals surface area contributed by atoms with Gasteiger partial charge in [-0.05, 0) is 47.7 Å². The molecule has 0 spiro atoms. The number of hydrogen-bond acceptors (Lipinski definition) is 4. The fourth-order valence-electron chi connectivity index (χ4n) is 1.59. The summed E-state index contributed by atoms with van der Waals surface area (Å²) in [5.41, 5.74) is 1.48. The van der Waals surface area contributed by atoms with Crippen LogP contribution < -0.4 is 5.32 Å². The van der Waals surface area contributed by atoms with Crippen LogP contribution in [0.25, 0.3) is 5.69 Å². The maximum atomic E-state index is 13.3. The minimum atomic E-state index is -0.287. The molecule has 5 nitrogen and oxygen atoms in total. The van der Waals surface area contributed by atoms with Crippen LogP contribution in [0.1, 0.15) is 18.3 Å². The van der Waals surface area contributed by atoms with Crippen molar-refractivity contribution >= 4 is 0 Å². The molecule has 0 bridgehead atoms. The van der Waals surface area contributed by atoms with E-state index >= 15 is 0 Å². The van der Waals surface area contributed by atoms with Crippen LogP contribution in [-0.4, -0.2) is 26.8 Å². The summed E-state index contributed by atoms with van der Waals surface area (Å²) in [6.45, 7) is 5.22. The van der Waals surface area contributed by atoms with Gasteiger partial charge in [0.15, 0.2) is 5.82 Å². The molecule has 0 saturated heterocycles. The van der Waals surface area contributed by atoms with E-state index in [1.165, 1.54) is 12.1 Å². The highest BCUT2D eigenvalue weighted by Gasteiger charge is 2.08. The summed E-state index contributed by atoms with van der Waals surface area (Å²) in [6, 6.07) is 4.73. The number of nitrogens with zero attached hydrogens (tertiary/aromatic N) is 4. The topological polar surface area (TPSA) is 55.6 Å². The molecule has 0 aliphatic carbocycles. The summed E-state index contributed by atoms with van der Waals surface area (Å²) in [5.74, 6) is 0.377. The zero-order valence-electron chi connectivity index (χ0n) is 9.81. The number of tetrazole rings is 1. The minimum Gasteiger partial charge on any atom is -0.310 e. The third kappa shape index (κ3) is 2.65. The second-order valence-electron chi connectivity index (χ2n) is 3.77. The average molecular weight is 235 g/mol. The SMILES string of the molecule is CCNCc1nnnn1-c1cc(C)cc(F)c1. The van der Waals surface area contributed by atoms with Crippen molar-refractivity contribution in [1.29, 1.82) is 0 Å². The summed E-state index contributed by atoms with van der Waals surface area (Å²) in [5, 5.41) is 14.5. The zero-order valence-corrected chi connectivity index (χ0v) is 9.81. The molecule has 0 unspecified atom stereocenters. The van der Waals surface area contributed by atoms with Crippen molar-refractivity contribution in [3.05, 3.63) is 35.4 Å². The summed E-state index contributed by atoms with van der Waals surface area (Å²) in [4.78, 5) is 0. The van der Waals surface area contributed by atoms with Gasteiger partial charge < -0.3 is 5.32 Å². The van der Waals surface area contributed by atoms with Crippen LogP contribution in [0.2, 0.25) is 0 Å². The normalized spacial score (nSPS) is 10.8. The van der Waals surface area contributed by atoms with E-state index in [-0.39, 0.29) is 5.82 Å². The first kappa shape index (κ1) is 11.7. The van der Waals surface area contributed by atoms with Crippen molar-refractivity contribution < 1.29 is 4.39 Å². The van der Waals surface area contributed by atoms with Crippen LogP contribution in [0, 0.1) is 12.7 Å². The Hall–Kier alpha value is -1.82. The van der Waals surface area contributed by atoms with E-state index in [1.807, 2.05) is 19.9 Å². The molecule has 0 atom stereocenters. The molecule has 2 aromatic rings. The highest BCUT2D eigenvalue weighted by molar-refractivity contribution is 5.35. The number of rotatable bonds is 4. The first-order chi connectivity index (χ1) is 8.20. The second kappa shape index (κ2) is 5.01. The van der Waals surface area contributed by atoms with Gasteiger partial charge in [-0.3, -0.25) is 0 Å². The third-order valence-electron chi connectivity index (χ3n) is 2.34. The Morgan fingerprint density at radius 3 is 2.88 bits per heavy atom. The number of aryl methyl sites for hydroxylation is 1. The molecule has 90 valence electrons. The van der Waals surface area contributed by atoms with Gasteiger partial charge >= 0.3 is 0 Å². The Labute approximate surface area is 98.6 Å². The van der Waals surface area contributed by atoms with Crippen LogP contribution in [0.3, 0.4) is 0 Å². The van der Waals surface area contributed by atoms with Gasteiger partial charge in [-0.2, -0.15) is 4.68 Å². The van der Waals surface area contributed by atoms with E-state index in [1.54, 1.807) is 4.68 Å². The molecule has 1 N–H and O–H groups in total. The molecule has 0 aliphatic rings. The highest BCUT2D eigenvalue weighted by Crippen LogP contribution is 2.13. The number of benzene rings is 1. The van der Waals surface area contributed by atoms with Gasteiger partial charge in [0, 0.05) is 0 Å². The monoisotopic (exact) mass is 235 g/mol. The Morgan fingerprint density at radius 2 is 2.18 bits per heavy atom. The van der Waals surface area contributed by atoms with Gasteiger partial charge in [-0.25, -0.2) is 4.39 Å². The lowest BCUT2D eigenvalue weighted by molar-refractivity contribution is 0.620. The van der Waals surface area contributed by atoms with Gasteiger partial charge in [0.1, 0.15) is 5.82 Å². The maximum absolute atomic E-state index is 13.3. The van der Waals surface area contributed by atoms with E-state index in [4.69, 9.17) is 0 Å². The predicted molar refractivity (Wildman–Crippen MR) is 61.2 cm³/mol. The van der Waals surface area contributed by atoms with Gasteiger partial charge in [0.25, 0.3) is 0 Å². The van der Waals surface area contributed by atoms with E-state index in [2.05, 4.69) is 20.8 Å². The quantitative estimate of drug-likeness (QED) is 0.865. The molecule has 1 heterocycles. The molecular weight excluding hydrogens is 221 g/mol. The lowest BCUT2D eigenvalue weighted by Crippen LogP contribution is -2.16. The molecule has 1 aromatic carbocycles. The van der Waals surface area contributed by atoms with E-state index in [0.717, 1.165) is 12.1 Å². The van der Waals surface area contributed by atoms with Gasteiger partial charge in [0.2, 0.25) is 0 Å². The van der Waals surface area contributed by atoms with Crippen LogP contribution in [0.4, 0.5) is 4.39 Å². The van der Waals surface area contributed by atoms with Crippen molar-refractivity contribution in [3.8, 4) is 5.69 Å². The Bertz CT molecular complexity index is 488. The third-order valence-corrected chi connectivity index (χ3v) is 2.34. The van der Waals surface area contributed by atoms with Gasteiger partial charge in [-0.15, -0.1) is 5.10 Å². The maximum Gasteiger partial charge on any atom is 0.170 e. The predicted octanol–water partition coefficient (Wildman–Crippen LogP) is 1.22. The molecule has 0 radical (unpaired) electrons. The van der Waals surface area contributed by atoms with Gasteiger partial charge in [0.05, 0.1) is 12.2 Å². The number of halogens is 1. The van der Waals surface area contributed by atoms with Crippen molar-refractivity contribution in [1.82, 2.24) is 25.5 Å². The molecule has 0 aliphatic heterocycles. The summed E-state index contributed by atoms with van der Waals surface area (Å²) < 4.78 is 14.8. The Balaban J connectivity index is 2.35. The molecule has 0 saturated carbocycles. The molecule has 0 fully saturated rings. The van der Waals surface area contributed by atoms with E-state index in [9.17, 15) is 4.39 Å². The minimum absolute atomic E-state index is 0.287. The summed E-state index contributed by atoms with van der Waals surface area (Å²) in [6.07, 6.45) is 0. The first-order valence-corrected chi connectivity index (χ1v) is 5.46. The van der Waals surface area contributed by atoms with Gasteiger partial charge in [-0.1, -0.05) is 6.92 Å².